The lowest BCUT2D eigenvalue weighted by Crippen LogP contribution is -2.01. The van der Waals surface area contributed by atoms with E-state index in [9.17, 15) is 0 Å². The summed E-state index contributed by atoms with van der Waals surface area (Å²) in [6, 6.07) is 10.1. The topological polar surface area (TPSA) is 66.5 Å². The van der Waals surface area contributed by atoms with Gasteiger partial charge in [-0.05, 0) is 31.4 Å². The van der Waals surface area contributed by atoms with Crippen molar-refractivity contribution in [2.24, 2.45) is 5.92 Å². The van der Waals surface area contributed by atoms with Crippen molar-refractivity contribution in [3.63, 3.8) is 0 Å². The number of benzene rings is 1. The number of nitrogens with one attached hydrogen (secondary N) is 2. The fourth-order valence-corrected chi connectivity index (χ4v) is 2.64. The molecule has 0 spiro atoms. The van der Waals surface area contributed by atoms with Crippen molar-refractivity contribution in [1.82, 2.24) is 20.2 Å². The highest BCUT2D eigenvalue weighted by Gasteiger charge is 2.37. The first-order valence-electron chi connectivity index (χ1n) is 7.26. The van der Waals surface area contributed by atoms with Gasteiger partial charge in [0.05, 0.1) is 5.52 Å². The highest BCUT2D eigenvalue weighted by atomic mass is 15.2. The number of para-hydroxylation sites is 1. The molecule has 2 N–H and O–H groups in total. The van der Waals surface area contributed by atoms with Gasteiger partial charge in [-0.1, -0.05) is 19.1 Å². The Hall–Kier alpha value is -2.43. The summed E-state index contributed by atoms with van der Waals surface area (Å²) >= 11 is 0. The number of hydrogen-bond donors (Lipinski definition) is 2. The van der Waals surface area contributed by atoms with Crippen LogP contribution in [-0.2, 0) is 0 Å². The van der Waals surface area contributed by atoms with Gasteiger partial charge in [-0.25, -0.2) is 9.97 Å². The molecule has 2 heterocycles. The average molecular weight is 279 g/mol. The zero-order valence-electron chi connectivity index (χ0n) is 12.1. The Morgan fingerprint density at radius 2 is 2.05 bits per heavy atom. The molecule has 3 aromatic rings. The van der Waals surface area contributed by atoms with Gasteiger partial charge in [0, 0.05) is 23.1 Å². The molecule has 1 saturated carbocycles. The van der Waals surface area contributed by atoms with Gasteiger partial charge in [-0.15, -0.1) is 0 Å². The Morgan fingerprint density at radius 3 is 2.76 bits per heavy atom. The zero-order chi connectivity index (χ0) is 14.4. The van der Waals surface area contributed by atoms with Crippen LogP contribution in [0.3, 0.4) is 0 Å². The summed E-state index contributed by atoms with van der Waals surface area (Å²) in [6.07, 6.45) is 1.18. The van der Waals surface area contributed by atoms with Gasteiger partial charge >= 0.3 is 0 Å². The van der Waals surface area contributed by atoms with Crippen molar-refractivity contribution in [2.45, 2.75) is 26.2 Å². The number of nitrogens with zero attached hydrogens (tertiary/aromatic N) is 3. The molecule has 2 aromatic heterocycles. The molecule has 0 radical (unpaired) electrons. The normalized spacial score (nSPS) is 20.7. The maximum Gasteiger partial charge on any atom is 0.153 e. The van der Waals surface area contributed by atoms with E-state index in [1.165, 1.54) is 6.42 Å². The van der Waals surface area contributed by atoms with Crippen molar-refractivity contribution in [2.75, 3.05) is 5.32 Å². The predicted molar refractivity (Wildman–Crippen MR) is 82.7 cm³/mol. The number of rotatable bonds is 3. The van der Waals surface area contributed by atoms with E-state index in [0.29, 0.717) is 11.8 Å². The van der Waals surface area contributed by atoms with Crippen LogP contribution in [0.1, 0.15) is 30.8 Å². The van der Waals surface area contributed by atoms with Gasteiger partial charge in [-0.3, -0.25) is 5.10 Å². The van der Waals surface area contributed by atoms with Crippen LogP contribution < -0.4 is 5.32 Å². The summed E-state index contributed by atoms with van der Waals surface area (Å²) in [7, 11) is 0. The van der Waals surface area contributed by atoms with Crippen LogP contribution in [-0.4, -0.2) is 20.2 Å². The number of anilines is 2. The maximum absolute atomic E-state index is 4.74. The second-order valence-electron chi connectivity index (χ2n) is 5.83. The SMILES string of the molecule is Cc1cc(Nc2nc(C3C[C@H]3C)nc3ccccc23)n[nH]1. The van der Waals surface area contributed by atoms with E-state index in [0.717, 1.165) is 34.1 Å². The van der Waals surface area contributed by atoms with Gasteiger partial charge in [0.2, 0.25) is 0 Å². The summed E-state index contributed by atoms with van der Waals surface area (Å²) in [6.45, 7) is 4.22. The van der Waals surface area contributed by atoms with Gasteiger partial charge < -0.3 is 5.32 Å². The zero-order valence-corrected chi connectivity index (χ0v) is 12.1. The molecule has 0 amide bonds. The van der Waals surface area contributed by atoms with Crippen molar-refractivity contribution >= 4 is 22.5 Å². The third-order valence-electron chi connectivity index (χ3n) is 4.01. The molecular weight excluding hydrogens is 262 g/mol. The molecule has 1 aliphatic carbocycles. The molecule has 1 aromatic carbocycles. The molecule has 5 nitrogen and oxygen atoms in total. The van der Waals surface area contributed by atoms with Gasteiger partial charge in [0.25, 0.3) is 0 Å². The Balaban J connectivity index is 1.81. The van der Waals surface area contributed by atoms with Crippen LogP contribution in [0, 0.1) is 12.8 Å². The van der Waals surface area contributed by atoms with Crippen LogP contribution in [0.15, 0.2) is 30.3 Å². The van der Waals surface area contributed by atoms with E-state index in [1.807, 2.05) is 37.3 Å². The minimum absolute atomic E-state index is 0.496. The molecule has 1 fully saturated rings. The summed E-state index contributed by atoms with van der Waals surface area (Å²) in [5.41, 5.74) is 2.00. The lowest BCUT2D eigenvalue weighted by atomic mass is 10.2. The first-order chi connectivity index (χ1) is 10.2. The Morgan fingerprint density at radius 1 is 1.24 bits per heavy atom. The first-order valence-corrected chi connectivity index (χ1v) is 7.26. The molecule has 0 saturated heterocycles. The highest BCUT2D eigenvalue weighted by Crippen LogP contribution is 2.46. The average Bonchev–Trinajstić information content (AvgIpc) is 3.08. The van der Waals surface area contributed by atoms with Gasteiger partial charge in [0.15, 0.2) is 5.82 Å². The largest absolute Gasteiger partial charge is 0.323 e. The summed E-state index contributed by atoms with van der Waals surface area (Å²) in [5, 5.41) is 11.5. The second-order valence-corrected chi connectivity index (χ2v) is 5.83. The highest BCUT2D eigenvalue weighted by molar-refractivity contribution is 5.90. The Kier molecular flexibility index (Phi) is 2.67. The fraction of sp³-hybridized carbons (Fsp3) is 0.312. The first kappa shape index (κ1) is 12.3. The van der Waals surface area contributed by atoms with Crippen molar-refractivity contribution in [3.05, 3.63) is 41.9 Å². The smallest absolute Gasteiger partial charge is 0.153 e. The monoisotopic (exact) mass is 279 g/mol. The molecule has 5 heteroatoms. The third-order valence-corrected chi connectivity index (χ3v) is 4.01. The number of aromatic nitrogens is 4. The van der Waals surface area contributed by atoms with Crippen molar-refractivity contribution < 1.29 is 0 Å². The standard InChI is InChI=1S/C16H17N5/c1-9-7-12(9)16-17-13-6-4-3-5-11(13)15(19-16)18-14-8-10(2)20-21-14/h3-6,8-9,12H,7H2,1-2H3,(H2,17,18,19,20,21)/t9-,12?/m1/s1. The number of hydrogen-bond acceptors (Lipinski definition) is 4. The molecule has 21 heavy (non-hydrogen) atoms. The third kappa shape index (κ3) is 2.24. The number of fused-ring (bicyclic) bond motifs is 1. The molecule has 0 bridgehead atoms. The number of aromatic amines is 1. The molecule has 4 rings (SSSR count). The fourth-order valence-electron chi connectivity index (χ4n) is 2.64. The quantitative estimate of drug-likeness (QED) is 0.769. The summed E-state index contributed by atoms with van der Waals surface area (Å²) < 4.78 is 0. The Bertz CT molecular complexity index is 807. The molecule has 1 unspecified atom stereocenters. The van der Waals surface area contributed by atoms with Crippen molar-refractivity contribution in [3.8, 4) is 0 Å². The minimum atomic E-state index is 0.496. The van der Waals surface area contributed by atoms with E-state index in [-0.39, 0.29) is 0 Å². The van der Waals surface area contributed by atoms with Crippen LogP contribution in [0.4, 0.5) is 11.6 Å². The lowest BCUT2D eigenvalue weighted by Gasteiger charge is -2.09. The van der Waals surface area contributed by atoms with Crippen LogP contribution >= 0.6 is 0 Å². The van der Waals surface area contributed by atoms with E-state index in [1.54, 1.807) is 0 Å². The molecule has 106 valence electrons. The lowest BCUT2D eigenvalue weighted by molar-refractivity contribution is 0.853. The maximum atomic E-state index is 4.74. The van der Waals surface area contributed by atoms with Crippen molar-refractivity contribution in [1.29, 1.82) is 0 Å². The Labute approximate surface area is 122 Å². The summed E-state index contributed by atoms with van der Waals surface area (Å²) in [5.74, 6) is 3.74. The van der Waals surface area contributed by atoms with Crippen LogP contribution in [0.5, 0.6) is 0 Å². The predicted octanol–water partition coefficient (Wildman–Crippen LogP) is 3.53. The minimum Gasteiger partial charge on any atom is -0.323 e. The number of H-pyrrole nitrogens is 1. The van der Waals surface area contributed by atoms with Gasteiger partial charge in [-0.2, -0.15) is 5.10 Å². The van der Waals surface area contributed by atoms with E-state index in [4.69, 9.17) is 9.97 Å². The molecular formula is C16H17N5. The molecule has 2 atom stereocenters. The summed E-state index contributed by atoms with van der Waals surface area (Å²) in [4.78, 5) is 9.46. The van der Waals surface area contributed by atoms with E-state index < -0.39 is 0 Å². The number of aryl methyl sites for hydroxylation is 1. The van der Waals surface area contributed by atoms with Crippen LogP contribution in [0.25, 0.3) is 10.9 Å². The van der Waals surface area contributed by atoms with Gasteiger partial charge in [0.1, 0.15) is 11.6 Å². The van der Waals surface area contributed by atoms with E-state index in [2.05, 4.69) is 22.4 Å². The van der Waals surface area contributed by atoms with Crippen LogP contribution in [0.2, 0.25) is 0 Å². The van der Waals surface area contributed by atoms with E-state index >= 15 is 0 Å². The molecule has 0 aliphatic heterocycles. The molecule has 1 aliphatic rings. The second kappa shape index (κ2) is 4.55.